The van der Waals surface area contributed by atoms with Crippen LogP contribution in [0.4, 0.5) is 0 Å². The van der Waals surface area contributed by atoms with E-state index in [4.69, 9.17) is 22.0 Å². The quantitative estimate of drug-likeness (QED) is 0.441. The minimum Gasteiger partial charge on any atom is -0.394 e. The van der Waals surface area contributed by atoms with Crippen molar-refractivity contribution in [2.45, 2.75) is 6.04 Å². The van der Waals surface area contributed by atoms with Crippen molar-refractivity contribution in [1.82, 2.24) is 0 Å². The molecule has 0 radical (unpaired) electrons. The molecule has 1 atom stereocenters. The highest BCUT2D eigenvalue weighted by Crippen LogP contribution is 2.19. The molecule has 74 valence electrons. The van der Waals surface area contributed by atoms with E-state index in [0.717, 1.165) is 4.88 Å². The zero-order valence-corrected chi connectivity index (χ0v) is 8.49. The van der Waals surface area contributed by atoms with Gasteiger partial charge in [0.15, 0.2) is 0 Å². The highest BCUT2D eigenvalue weighted by Gasteiger charge is 2.08. The van der Waals surface area contributed by atoms with Crippen LogP contribution in [-0.2, 0) is 0 Å². The van der Waals surface area contributed by atoms with Gasteiger partial charge in [-0.15, -0.1) is 23.7 Å². The van der Waals surface area contributed by atoms with Crippen molar-refractivity contribution in [3.63, 3.8) is 0 Å². The van der Waals surface area contributed by atoms with E-state index in [9.17, 15) is 0 Å². The van der Waals surface area contributed by atoms with Crippen LogP contribution in [-0.4, -0.2) is 17.5 Å². The summed E-state index contributed by atoms with van der Waals surface area (Å²) in [5.41, 5.74) is 11.5. The minimum atomic E-state index is -0.358. The van der Waals surface area contributed by atoms with E-state index >= 15 is 0 Å². The van der Waals surface area contributed by atoms with Gasteiger partial charge in [-0.3, -0.25) is 5.41 Å². The number of nitrogens with one attached hydrogen (secondary N) is 1. The van der Waals surface area contributed by atoms with Gasteiger partial charge in [0.25, 0.3) is 0 Å². The van der Waals surface area contributed by atoms with Crippen molar-refractivity contribution in [3.8, 4) is 0 Å². The summed E-state index contributed by atoms with van der Waals surface area (Å²) in [5.74, 6) is 0.0302. The Bertz CT molecular complexity index is 289. The summed E-state index contributed by atoms with van der Waals surface area (Å²) in [6.07, 6.45) is 0. The maximum atomic E-state index is 8.73. The molecule has 0 bridgehead atoms. The number of aliphatic hydroxyl groups excluding tert-OH is 1. The maximum absolute atomic E-state index is 8.73. The molecule has 0 aromatic carbocycles. The number of nitrogen functional groups attached to an aromatic ring is 1. The van der Waals surface area contributed by atoms with Gasteiger partial charge in [-0.25, -0.2) is 0 Å². The Hall–Kier alpha value is -0.620. The summed E-state index contributed by atoms with van der Waals surface area (Å²) in [7, 11) is 0. The van der Waals surface area contributed by atoms with E-state index in [1.165, 1.54) is 11.3 Å². The highest BCUT2D eigenvalue weighted by atomic mass is 35.5. The van der Waals surface area contributed by atoms with E-state index in [1.807, 2.05) is 0 Å². The number of rotatable bonds is 3. The number of nitrogens with two attached hydrogens (primary N) is 2. The van der Waals surface area contributed by atoms with E-state index in [2.05, 4.69) is 0 Å². The number of amidine groups is 1. The monoisotopic (exact) mass is 221 g/mol. The Balaban J connectivity index is 0.00000144. The Morgan fingerprint density at radius 1 is 1.69 bits per heavy atom. The number of hydrogen-bond donors (Lipinski definition) is 4. The van der Waals surface area contributed by atoms with Gasteiger partial charge in [-0.2, -0.15) is 0 Å². The molecule has 6 heteroatoms. The van der Waals surface area contributed by atoms with Crippen molar-refractivity contribution in [1.29, 1.82) is 5.41 Å². The third-order valence-corrected chi connectivity index (χ3v) is 2.56. The number of hydrogen-bond acceptors (Lipinski definition) is 4. The van der Waals surface area contributed by atoms with Crippen molar-refractivity contribution in [3.05, 3.63) is 21.9 Å². The summed E-state index contributed by atoms with van der Waals surface area (Å²) in [6, 6.07) is 1.37. The summed E-state index contributed by atoms with van der Waals surface area (Å²) < 4.78 is 0. The largest absolute Gasteiger partial charge is 0.394 e. The Labute approximate surface area is 86.5 Å². The highest BCUT2D eigenvalue weighted by molar-refractivity contribution is 7.10. The fraction of sp³-hybridized carbons (Fsp3) is 0.286. The van der Waals surface area contributed by atoms with Gasteiger partial charge in [-0.1, -0.05) is 0 Å². The summed E-state index contributed by atoms with van der Waals surface area (Å²) >= 11 is 1.40. The first-order valence-corrected chi connectivity index (χ1v) is 4.32. The predicted molar refractivity (Wildman–Crippen MR) is 56.6 cm³/mol. The van der Waals surface area contributed by atoms with Gasteiger partial charge in [-0.05, 0) is 6.07 Å². The molecule has 1 aromatic rings. The summed E-state index contributed by atoms with van der Waals surface area (Å²) in [5, 5.41) is 17.6. The average molecular weight is 222 g/mol. The number of thiophene rings is 1. The molecule has 1 heterocycles. The molecule has 0 saturated heterocycles. The van der Waals surface area contributed by atoms with Crippen molar-refractivity contribution < 1.29 is 5.11 Å². The Kier molecular flexibility index (Phi) is 4.94. The fourth-order valence-corrected chi connectivity index (χ4v) is 1.68. The molecule has 6 N–H and O–H groups in total. The second-order valence-corrected chi connectivity index (χ2v) is 3.38. The van der Waals surface area contributed by atoms with Crippen LogP contribution in [0.25, 0.3) is 0 Å². The van der Waals surface area contributed by atoms with Crippen molar-refractivity contribution in [2.24, 2.45) is 11.5 Å². The van der Waals surface area contributed by atoms with Crippen molar-refractivity contribution in [2.75, 3.05) is 6.61 Å². The fourth-order valence-electron chi connectivity index (χ4n) is 0.778. The minimum absolute atomic E-state index is 0. The van der Waals surface area contributed by atoms with Crippen LogP contribution >= 0.6 is 23.7 Å². The normalized spacial score (nSPS) is 11.8. The topological polar surface area (TPSA) is 96.1 Å². The summed E-state index contributed by atoms with van der Waals surface area (Å²) in [4.78, 5) is 0.850. The van der Waals surface area contributed by atoms with Crippen LogP contribution in [0.2, 0.25) is 0 Å². The van der Waals surface area contributed by atoms with Crippen LogP contribution in [0.1, 0.15) is 16.5 Å². The second-order valence-electron chi connectivity index (χ2n) is 2.44. The van der Waals surface area contributed by atoms with E-state index < -0.39 is 0 Å². The van der Waals surface area contributed by atoms with E-state index in [-0.39, 0.29) is 30.9 Å². The molecular weight excluding hydrogens is 210 g/mol. The average Bonchev–Trinajstić information content (AvgIpc) is 2.51. The zero-order valence-electron chi connectivity index (χ0n) is 6.86. The SMILES string of the molecule is Cl.N=C(N)c1csc([C@H](N)CO)c1. The molecule has 1 rings (SSSR count). The first-order chi connectivity index (χ1) is 5.65. The molecule has 0 unspecified atom stereocenters. The zero-order chi connectivity index (χ0) is 9.14. The molecular formula is C7H12ClN3OS. The van der Waals surface area contributed by atoms with Gasteiger partial charge in [0.1, 0.15) is 5.84 Å². The van der Waals surface area contributed by atoms with Crippen LogP contribution < -0.4 is 11.5 Å². The van der Waals surface area contributed by atoms with Gasteiger partial charge in [0, 0.05) is 15.8 Å². The predicted octanol–water partition coefficient (Wildman–Crippen LogP) is 0.446. The summed E-state index contributed by atoms with van der Waals surface area (Å²) in [6.45, 7) is -0.0855. The van der Waals surface area contributed by atoms with Crippen LogP contribution in [0.3, 0.4) is 0 Å². The van der Waals surface area contributed by atoms with Gasteiger partial charge < -0.3 is 16.6 Å². The molecule has 0 spiro atoms. The lowest BCUT2D eigenvalue weighted by Crippen LogP contribution is -2.13. The molecule has 0 amide bonds. The molecule has 0 aliphatic heterocycles. The third-order valence-electron chi connectivity index (χ3n) is 1.49. The smallest absolute Gasteiger partial charge is 0.123 e. The van der Waals surface area contributed by atoms with E-state index in [1.54, 1.807) is 11.4 Å². The molecule has 13 heavy (non-hydrogen) atoms. The van der Waals surface area contributed by atoms with Crippen molar-refractivity contribution >= 4 is 29.6 Å². The molecule has 1 aromatic heterocycles. The van der Waals surface area contributed by atoms with Gasteiger partial charge in [0.05, 0.1) is 12.6 Å². The van der Waals surface area contributed by atoms with Gasteiger partial charge >= 0.3 is 0 Å². The van der Waals surface area contributed by atoms with E-state index in [0.29, 0.717) is 5.56 Å². The molecule has 0 aliphatic rings. The maximum Gasteiger partial charge on any atom is 0.123 e. The van der Waals surface area contributed by atoms with Crippen LogP contribution in [0, 0.1) is 5.41 Å². The number of halogens is 1. The Morgan fingerprint density at radius 2 is 2.31 bits per heavy atom. The lowest BCUT2D eigenvalue weighted by atomic mass is 10.2. The first-order valence-electron chi connectivity index (χ1n) is 3.44. The first kappa shape index (κ1) is 12.4. The standard InChI is InChI=1S/C7H11N3OS.ClH/c8-5(2-11)6-1-4(3-12-6)7(9)10;/h1,3,5,11H,2,8H2,(H3,9,10);1H/t5-;/m1./s1. The molecule has 4 nitrogen and oxygen atoms in total. The lowest BCUT2D eigenvalue weighted by molar-refractivity contribution is 0.269. The van der Waals surface area contributed by atoms with Crippen LogP contribution in [0.5, 0.6) is 0 Å². The molecule has 0 fully saturated rings. The molecule has 0 aliphatic carbocycles. The second kappa shape index (κ2) is 5.18. The molecule has 0 saturated carbocycles. The third kappa shape index (κ3) is 2.96. The Morgan fingerprint density at radius 3 is 2.69 bits per heavy atom. The van der Waals surface area contributed by atoms with Crippen LogP contribution in [0.15, 0.2) is 11.4 Å². The number of aliphatic hydroxyl groups is 1. The lowest BCUT2D eigenvalue weighted by Gasteiger charge is -2.02. The van der Waals surface area contributed by atoms with Gasteiger partial charge in [0.2, 0.25) is 0 Å².